The van der Waals surface area contributed by atoms with Gasteiger partial charge in [0.05, 0.1) is 4.90 Å². The Balaban J connectivity index is 1.91. The van der Waals surface area contributed by atoms with Crippen LogP contribution >= 0.6 is 0 Å². The standard InChI is InChI=1S/C15H22N2O2S/c16-13-7-9-14(10-8-13)20(18,19)17-11-3-5-12-4-1-2-6-15(12)17/h7-10,12,15H,1-6,11,16H2. The third kappa shape index (κ3) is 2.44. The minimum Gasteiger partial charge on any atom is -0.399 e. The van der Waals surface area contributed by atoms with Crippen LogP contribution in [0.2, 0.25) is 0 Å². The summed E-state index contributed by atoms with van der Waals surface area (Å²) in [6.45, 7) is 0.661. The second kappa shape index (κ2) is 5.37. The number of nitrogen functional groups attached to an aromatic ring is 1. The van der Waals surface area contributed by atoms with Gasteiger partial charge in [-0.15, -0.1) is 0 Å². The lowest BCUT2D eigenvalue weighted by molar-refractivity contribution is 0.129. The molecule has 1 aromatic carbocycles. The molecule has 0 amide bonds. The fraction of sp³-hybridized carbons (Fsp3) is 0.600. The zero-order valence-corrected chi connectivity index (χ0v) is 12.5. The number of hydrogen-bond donors (Lipinski definition) is 1. The Bertz CT molecular complexity index is 566. The van der Waals surface area contributed by atoms with Crippen molar-refractivity contribution in [1.29, 1.82) is 0 Å². The molecular weight excluding hydrogens is 272 g/mol. The van der Waals surface area contributed by atoms with Crippen molar-refractivity contribution >= 4 is 15.7 Å². The van der Waals surface area contributed by atoms with E-state index in [4.69, 9.17) is 5.73 Å². The molecule has 1 saturated carbocycles. The number of sulfonamides is 1. The zero-order chi connectivity index (χ0) is 14.2. The monoisotopic (exact) mass is 294 g/mol. The molecule has 5 heteroatoms. The molecule has 2 N–H and O–H groups in total. The summed E-state index contributed by atoms with van der Waals surface area (Å²) < 4.78 is 27.4. The van der Waals surface area contributed by atoms with Gasteiger partial charge in [0, 0.05) is 18.3 Å². The highest BCUT2D eigenvalue weighted by atomic mass is 32.2. The Morgan fingerprint density at radius 3 is 2.40 bits per heavy atom. The molecule has 1 aliphatic heterocycles. The van der Waals surface area contributed by atoms with Gasteiger partial charge in [0.15, 0.2) is 0 Å². The predicted octanol–water partition coefficient (Wildman–Crippen LogP) is 2.61. The van der Waals surface area contributed by atoms with Crippen LogP contribution in [0.4, 0.5) is 5.69 Å². The lowest BCUT2D eigenvalue weighted by Gasteiger charge is -2.43. The molecule has 3 rings (SSSR count). The summed E-state index contributed by atoms with van der Waals surface area (Å²) in [6, 6.07) is 6.78. The van der Waals surface area contributed by atoms with Crippen molar-refractivity contribution in [2.75, 3.05) is 12.3 Å². The van der Waals surface area contributed by atoms with Crippen LogP contribution in [-0.4, -0.2) is 25.3 Å². The maximum Gasteiger partial charge on any atom is 0.243 e. The molecule has 0 radical (unpaired) electrons. The second-order valence-corrected chi connectivity index (χ2v) is 7.83. The first-order chi connectivity index (χ1) is 9.59. The van der Waals surface area contributed by atoms with Crippen molar-refractivity contribution in [1.82, 2.24) is 4.31 Å². The van der Waals surface area contributed by atoms with Crippen LogP contribution in [0.1, 0.15) is 38.5 Å². The molecule has 1 aliphatic carbocycles. The summed E-state index contributed by atoms with van der Waals surface area (Å²) in [7, 11) is -3.37. The zero-order valence-electron chi connectivity index (χ0n) is 11.7. The third-order valence-electron chi connectivity index (χ3n) is 4.68. The molecule has 0 aromatic heterocycles. The van der Waals surface area contributed by atoms with E-state index in [1.165, 1.54) is 19.3 Å². The predicted molar refractivity (Wildman–Crippen MR) is 79.7 cm³/mol. The number of fused-ring (bicyclic) bond motifs is 1. The van der Waals surface area contributed by atoms with Crippen molar-refractivity contribution in [3.8, 4) is 0 Å². The summed E-state index contributed by atoms with van der Waals surface area (Å²) in [5.41, 5.74) is 6.24. The molecule has 2 unspecified atom stereocenters. The highest BCUT2D eigenvalue weighted by Gasteiger charge is 2.39. The van der Waals surface area contributed by atoms with E-state index in [0.717, 1.165) is 19.3 Å². The van der Waals surface area contributed by atoms with E-state index < -0.39 is 10.0 Å². The fourth-order valence-corrected chi connectivity index (χ4v) is 5.41. The SMILES string of the molecule is Nc1ccc(S(=O)(=O)N2CCCC3CCCCC32)cc1. The van der Waals surface area contributed by atoms with E-state index in [9.17, 15) is 8.42 Å². The lowest BCUT2D eigenvalue weighted by atomic mass is 9.79. The minimum atomic E-state index is -3.37. The van der Waals surface area contributed by atoms with Gasteiger partial charge < -0.3 is 5.73 Å². The van der Waals surface area contributed by atoms with Gasteiger partial charge in [-0.25, -0.2) is 8.42 Å². The van der Waals surface area contributed by atoms with Gasteiger partial charge in [-0.1, -0.05) is 12.8 Å². The Morgan fingerprint density at radius 2 is 1.65 bits per heavy atom. The maximum absolute atomic E-state index is 12.8. The van der Waals surface area contributed by atoms with Crippen LogP contribution in [0, 0.1) is 5.92 Å². The maximum atomic E-state index is 12.8. The Hall–Kier alpha value is -1.07. The average Bonchev–Trinajstić information content (AvgIpc) is 2.47. The number of rotatable bonds is 2. The van der Waals surface area contributed by atoms with Gasteiger partial charge in [-0.2, -0.15) is 4.31 Å². The van der Waals surface area contributed by atoms with Crippen molar-refractivity contribution in [3.63, 3.8) is 0 Å². The number of benzene rings is 1. The first-order valence-corrected chi connectivity index (χ1v) is 8.90. The summed E-state index contributed by atoms with van der Waals surface area (Å²) in [5, 5.41) is 0. The molecule has 1 aromatic rings. The molecule has 2 fully saturated rings. The van der Waals surface area contributed by atoms with Crippen LogP contribution in [0.15, 0.2) is 29.2 Å². The molecule has 2 aliphatic rings. The normalized spacial score (nSPS) is 28.0. The van der Waals surface area contributed by atoms with E-state index in [2.05, 4.69) is 0 Å². The molecule has 0 spiro atoms. The number of nitrogens with two attached hydrogens (primary N) is 1. The molecule has 2 atom stereocenters. The molecule has 1 heterocycles. The summed E-state index contributed by atoms with van der Waals surface area (Å²) in [6.07, 6.45) is 6.75. The number of hydrogen-bond acceptors (Lipinski definition) is 3. The smallest absolute Gasteiger partial charge is 0.243 e. The van der Waals surface area contributed by atoms with Crippen molar-refractivity contribution in [2.24, 2.45) is 5.92 Å². The van der Waals surface area contributed by atoms with E-state index in [-0.39, 0.29) is 6.04 Å². The van der Waals surface area contributed by atoms with Crippen LogP contribution < -0.4 is 5.73 Å². The van der Waals surface area contributed by atoms with Gasteiger partial charge in [0.2, 0.25) is 10.0 Å². The van der Waals surface area contributed by atoms with Crippen molar-refractivity contribution in [2.45, 2.75) is 49.5 Å². The Morgan fingerprint density at radius 1 is 1.00 bits per heavy atom. The quantitative estimate of drug-likeness (QED) is 0.853. The first-order valence-electron chi connectivity index (χ1n) is 7.46. The molecule has 20 heavy (non-hydrogen) atoms. The fourth-order valence-electron chi connectivity index (χ4n) is 3.65. The van der Waals surface area contributed by atoms with Crippen molar-refractivity contribution in [3.05, 3.63) is 24.3 Å². The van der Waals surface area contributed by atoms with Gasteiger partial charge in [-0.05, 0) is 55.9 Å². The summed E-state index contributed by atoms with van der Waals surface area (Å²) in [5.74, 6) is 0.557. The summed E-state index contributed by atoms with van der Waals surface area (Å²) >= 11 is 0. The third-order valence-corrected chi connectivity index (χ3v) is 6.62. The van der Waals surface area contributed by atoms with Gasteiger partial charge in [0.25, 0.3) is 0 Å². The van der Waals surface area contributed by atoms with Gasteiger partial charge in [-0.3, -0.25) is 0 Å². The summed E-state index contributed by atoms with van der Waals surface area (Å²) in [4.78, 5) is 0.373. The number of anilines is 1. The highest BCUT2D eigenvalue weighted by Crippen LogP contribution is 2.38. The van der Waals surface area contributed by atoms with Crippen LogP contribution in [0.5, 0.6) is 0 Å². The highest BCUT2D eigenvalue weighted by molar-refractivity contribution is 7.89. The number of nitrogens with zero attached hydrogens (tertiary/aromatic N) is 1. The van der Waals surface area contributed by atoms with E-state index in [1.807, 2.05) is 0 Å². The number of piperidine rings is 1. The average molecular weight is 294 g/mol. The minimum absolute atomic E-state index is 0.208. The topological polar surface area (TPSA) is 63.4 Å². The van der Waals surface area contributed by atoms with Gasteiger partial charge >= 0.3 is 0 Å². The molecule has 110 valence electrons. The van der Waals surface area contributed by atoms with Crippen molar-refractivity contribution < 1.29 is 8.42 Å². The molecule has 0 bridgehead atoms. The van der Waals surface area contributed by atoms with Crippen LogP contribution in [-0.2, 0) is 10.0 Å². The largest absolute Gasteiger partial charge is 0.399 e. The van der Waals surface area contributed by atoms with Crippen LogP contribution in [0.3, 0.4) is 0 Å². The second-order valence-electron chi connectivity index (χ2n) is 5.94. The van der Waals surface area contributed by atoms with E-state index in [1.54, 1.807) is 28.6 Å². The Labute approximate surface area is 121 Å². The van der Waals surface area contributed by atoms with E-state index >= 15 is 0 Å². The molecule has 1 saturated heterocycles. The van der Waals surface area contributed by atoms with Gasteiger partial charge in [0.1, 0.15) is 0 Å². The first kappa shape index (κ1) is 13.9. The molecule has 4 nitrogen and oxygen atoms in total. The lowest BCUT2D eigenvalue weighted by Crippen LogP contribution is -2.49. The molecular formula is C15H22N2O2S. The van der Waals surface area contributed by atoms with E-state index in [0.29, 0.717) is 23.0 Å². The van der Waals surface area contributed by atoms with Crippen LogP contribution in [0.25, 0.3) is 0 Å². The Kier molecular flexibility index (Phi) is 3.73.